The summed E-state index contributed by atoms with van der Waals surface area (Å²) in [5.74, 6) is 0.170. The van der Waals surface area contributed by atoms with Crippen LogP contribution >= 0.6 is 0 Å². The number of rotatable bonds is 7. The van der Waals surface area contributed by atoms with Crippen LogP contribution in [0, 0.1) is 0 Å². The number of methoxy groups -OCH3 is 1. The molecule has 1 atom stereocenters. The molecular formula is C11H22O3. The highest BCUT2D eigenvalue weighted by Gasteiger charge is 2.16. The van der Waals surface area contributed by atoms with Crippen molar-refractivity contribution in [2.75, 3.05) is 13.7 Å². The molecule has 0 aliphatic heterocycles. The predicted molar refractivity (Wildman–Crippen MR) is 56.4 cm³/mol. The number of ether oxygens (including phenoxy) is 2. The maximum Gasteiger partial charge on any atom is 0.132 e. The number of carbonyl (C=O) groups is 1. The van der Waals surface area contributed by atoms with Gasteiger partial charge in [-0.2, -0.15) is 0 Å². The second kappa shape index (κ2) is 6.14. The molecular weight excluding hydrogens is 180 g/mol. The Bertz CT molecular complexity index is 175. The molecule has 0 amide bonds. The van der Waals surface area contributed by atoms with Gasteiger partial charge in [0.15, 0.2) is 0 Å². The molecule has 0 heterocycles. The molecule has 0 saturated heterocycles. The standard InChI is InChI=1S/C11H22O3/c1-9(12)8-10(2)14-7-6-11(3,4)13-5/h10H,6-8H2,1-5H3. The Hall–Kier alpha value is -0.410. The number of hydrogen-bond donors (Lipinski definition) is 0. The van der Waals surface area contributed by atoms with Gasteiger partial charge in [0.05, 0.1) is 11.7 Å². The summed E-state index contributed by atoms with van der Waals surface area (Å²) in [6, 6.07) is 0. The van der Waals surface area contributed by atoms with E-state index in [2.05, 4.69) is 0 Å². The molecule has 0 spiro atoms. The van der Waals surface area contributed by atoms with Crippen LogP contribution in [0.2, 0.25) is 0 Å². The van der Waals surface area contributed by atoms with Crippen LogP contribution in [-0.2, 0) is 14.3 Å². The van der Waals surface area contributed by atoms with E-state index in [0.717, 1.165) is 6.42 Å². The van der Waals surface area contributed by atoms with E-state index in [9.17, 15) is 4.79 Å². The fraction of sp³-hybridized carbons (Fsp3) is 0.909. The van der Waals surface area contributed by atoms with Gasteiger partial charge in [-0.3, -0.25) is 4.79 Å². The van der Waals surface area contributed by atoms with Gasteiger partial charge in [-0.1, -0.05) is 0 Å². The van der Waals surface area contributed by atoms with Crippen molar-refractivity contribution >= 4 is 5.78 Å². The molecule has 3 nitrogen and oxygen atoms in total. The lowest BCUT2D eigenvalue weighted by molar-refractivity contribution is -0.119. The van der Waals surface area contributed by atoms with E-state index in [1.165, 1.54) is 0 Å². The maximum absolute atomic E-state index is 10.8. The van der Waals surface area contributed by atoms with Gasteiger partial charge in [-0.15, -0.1) is 0 Å². The lowest BCUT2D eigenvalue weighted by Gasteiger charge is -2.23. The SMILES string of the molecule is COC(C)(C)CCOC(C)CC(C)=O. The van der Waals surface area contributed by atoms with Crippen molar-refractivity contribution in [1.29, 1.82) is 0 Å². The molecule has 0 bridgehead atoms. The summed E-state index contributed by atoms with van der Waals surface area (Å²) < 4.78 is 10.7. The van der Waals surface area contributed by atoms with Crippen molar-refractivity contribution in [3.05, 3.63) is 0 Å². The van der Waals surface area contributed by atoms with Gasteiger partial charge in [-0.25, -0.2) is 0 Å². The largest absolute Gasteiger partial charge is 0.379 e. The summed E-state index contributed by atoms with van der Waals surface area (Å²) in [5.41, 5.74) is -0.143. The average Bonchev–Trinajstić information content (AvgIpc) is 2.02. The van der Waals surface area contributed by atoms with Crippen LogP contribution in [0.15, 0.2) is 0 Å². The van der Waals surface area contributed by atoms with Crippen LogP contribution in [0.3, 0.4) is 0 Å². The summed E-state index contributed by atoms with van der Waals surface area (Å²) in [5, 5.41) is 0. The zero-order valence-electron chi connectivity index (χ0n) is 9.92. The van der Waals surface area contributed by atoms with Crippen molar-refractivity contribution in [2.45, 2.75) is 52.2 Å². The van der Waals surface area contributed by atoms with Crippen LogP contribution in [0.1, 0.15) is 40.5 Å². The minimum atomic E-state index is -0.143. The number of hydrogen-bond acceptors (Lipinski definition) is 3. The van der Waals surface area contributed by atoms with Gasteiger partial charge >= 0.3 is 0 Å². The van der Waals surface area contributed by atoms with Gasteiger partial charge < -0.3 is 9.47 Å². The molecule has 3 heteroatoms. The molecule has 0 radical (unpaired) electrons. The zero-order valence-corrected chi connectivity index (χ0v) is 9.92. The van der Waals surface area contributed by atoms with E-state index in [-0.39, 0.29) is 17.5 Å². The zero-order chi connectivity index (χ0) is 11.2. The number of carbonyl (C=O) groups excluding carboxylic acids is 1. The van der Waals surface area contributed by atoms with Gasteiger partial charge in [0.2, 0.25) is 0 Å². The Morgan fingerprint density at radius 1 is 1.43 bits per heavy atom. The van der Waals surface area contributed by atoms with E-state index in [4.69, 9.17) is 9.47 Å². The van der Waals surface area contributed by atoms with Crippen LogP contribution < -0.4 is 0 Å². The first-order chi connectivity index (χ1) is 6.37. The van der Waals surface area contributed by atoms with E-state index < -0.39 is 0 Å². The first-order valence-electron chi connectivity index (χ1n) is 5.03. The Balaban J connectivity index is 3.58. The van der Waals surface area contributed by atoms with E-state index in [1.807, 2.05) is 20.8 Å². The van der Waals surface area contributed by atoms with Crippen molar-refractivity contribution in [3.8, 4) is 0 Å². The van der Waals surface area contributed by atoms with Gasteiger partial charge in [-0.05, 0) is 34.1 Å². The Kier molecular flexibility index (Phi) is 5.96. The molecule has 84 valence electrons. The summed E-state index contributed by atoms with van der Waals surface area (Å²) in [6.07, 6.45) is 1.35. The molecule has 0 rings (SSSR count). The fourth-order valence-electron chi connectivity index (χ4n) is 1.07. The molecule has 0 aromatic heterocycles. The van der Waals surface area contributed by atoms with Crippen molar-refractivity contribution < 1.29 is 14.3 Å². The summed E-state index contributed by atoms with van der Waals surface area (Å²) >= 11 is 0. The molecule has 14 heavy (non-hydrogen) atoms. The highest BCUT2D eigenvalue weighted by atomic mass is 16.5. The van der Waals surface area contributed by atoms with Gasteiger partial charge in [0.25, 0.3) is 0 Å². The monoisotopic (exact) mass is 202 g/mol. The lowest BCUT2D eigenvalue weighted by atomic mass is 10.1. The van der Waals surface area contributed by atoms with Crippen LogP contribution in [0.25, 0.3) is 0 Å². The molecule has 0 aromatic carbocycles. The Morgan fingerprint density at radius 2 is 2.00 bits per heavy atom. The van der Waals surface area contributed by atoms with E-state index in [1.54, 1.807) is 14.0 Å². The molecule has 0 saturated carbocycles. The molecule has 0 aliphatic carbocycles. The predicted octanol–water partition coefficient (Wildman–Crippen LogP) is 2.19. The minimum Gasteiger partial charge on any atom is -0.379 e. The number of Topliss-reactive ketones (excluding diaryl/α,β-unsaturated/α-hetero) is 1. The third kappa shape index (κ3) is 7.04. The molecule has 1 unspecified atom stereocenters. The molecule has 0 aliphatic rings. The van der Waals surface area contributed by atoms with E-state index in [0.29, 0.717) is 13.0 Å². The first kappa shape index (κ1) is 13.6. The highest BCUT2D eigenvalue weighted by Crippen LogP contribution is 2.13. The van der Waals surface area contributed by atoms with Crippen molar-refractivity contribution in [3.63, 3.8) is 0 Å². The number of ketones is 1. The lowest BCUT2D eigenvalue weighted by Crippen LogP contribution is -2.26. The quantitative estimate of drug-likeness (QED) is 0.635. The average molecular weight is 202 g/mol. The van der Waals surface area contributed by atoms with Crippen LogP contribution in [-0.4, -0.2) is 31.2 Å². The maximum atomic E-state index is 10.8. The van der Waals surface area contributed by atoms with Gasteiger partial charge in [0.1, 0.15) is 5.78 Å². The minimum absolute atomic E-state index is 0.0140. The fourth-order valence-corrected chi connectivity index (χ4v) is 1.07. The van der Waals surface area contributed by atoms with Crippen LogP contribution in [0.5, 0.6) is 0 Å². The van der Waals surface area contributed by atoms with E-state index >= 15 is 0 Å². The molecule has 0 fully saturated rings. The summed E-state index contributed by atoms with van der Waals surface area (Å²) in [7, 11) is 1.69. The second-order valence-electron chi connectivity index (χ2n) is 4.30. The topological polar surface area (TPSA) is 35.5 Å². The Labute approximate surface area is 86.8 Å². The normalized spacial score (nSPS) is 14.1. The summed E-state index contributed by atoms with van der Waals surface area (Å²) in [4.78, 5) is 10.8. The molecule has 0 N–H and O–H groups in total. The smallest absolute Gasteiger partial charge is 0.132 e. The highest BCUT2D eigenvalue weighted by molar-refractivity contribution is 5.75. The van der Waals surface area contributed by atoms with Crippen molar-refractivity contribution in [1.82, 2.24) is 0 Å². The molecule has 0 aromatic rings. The summed E-state index contributed by atoms with van der Waals surface area (Å²) in [6.45, 7) is 8.17. The third-order valence-electron chi connectivity index (χ3n) is 2.23. The van der Waals surface area contributed by atoms with Gasteiger partial charge in [0, 0.05) is 20.1 Å². The van der Waals surface area contributed by atoms with Crippen molar-refractivity contribution in [2.24, 2.45) is 0 Å². The Morgan fingerprint density at radius 3 is 2.43 bits per heavy atom. The second-order valence-corrected chi connectivity index (χ2v) is 4.30. The first-order valence-corrected chi connectivity index (χ1v) is 5.03. The third-order valence-corrected chi connectivity index (χ3v) is 2.23. The van der Waals surface area contributed by atoms with Crippen LogP contribution in [0.4, 0.5) is 0 Å².